The Bertz CT molecular complexity index is 1170. The third-order valence-corrected chi connectivity index (χ3v) is 4.76. The van der Waals surface area contributed by atoms with Gasteiger partial charge in [0.1, 0.15) is 23.0 Å². The average Bonchev–Trinajstić information content (AvgIpc) is 2.78. The van der Waals surface area contributed by atoms with Gasteiger partial charge in [-0.3, -0.25) is 4.79 Å². The van der Waals surface area contributed by atoms with Crippen LogP contribution in [0.3, 0.4) is 0 Å². The van der Waals surface area contributed by atoms with E-state index in [4.69, 9.17) is 32.4 Å². The Morgan fingerprint density at radius 1 is 0.531 bits per heavy atom. The molecule has 0 aromatic heterocycles. The summed E-state index contributed by atoms with van der Waals surface area (Å²) in [5.41, 5.74) is 26.3. The molecule has 4 aromatic carbocycles. The fourth-order valence-corrected chi connectivity index (χ4v) is 3.09. The molecule has 0 heterocycles. The Morgan fingerprint density at radius 3 is 1.25 bits per heavy atom. The van der Waals surface area contributed by atoms with Crippen molar-refractivity contribution in [2.75, 3.05) is 22.9 Å². The number of nitrogen functional groups attached to an aromatic ring is 4. The lowest BCUT2D eigenvalue weighted by Crippen LogP contribution is -2.01. The first-order chi connectivity index (χ1) is 15.4. The molecule has 0 saturated heterocycles. The maximum Gasteiger partial charge on any atom is 0.193 e. The zero-order valence-corrected chi connectivity index (χ0v) is 17.1. The van der Waals surface area contributed by atoms with Crippen LogP contribution in [0.25, 0.3) is 0 Å². The molecule has 8 N–H and O–H groups in total. The van der Waals surface area contributed by atoms with E-state index in [2.05, 4.69) is 0 Å². The smallest absolute Gasteiger partial charge is 0.193 e. The molecule has 0 aliphatic rings. The highest BCUT2D eigenvalue weighted by atomic mass is 16.5. The summed E-state index contributed by atoms with van der Waals surface area (Å²) in [7, 11) is 0. The molecule has 0 spiro atoms. The fourth-order valence-electron chi connectivity index (χ4n) is 3.09. The van der Waals surface area contributed by atoms with Crippen LogP contribution in [0.4, 0.5) is 22.7 Å². The molecule has 0 radical (unpaired) electrons. The van der Waals surface area contributed by atoms with E-state index in [-0.39, 0.29) is 5.78 Å². The Balaban J connectivity index is 1.44. The maximum absolute atomic E-state index is 12.8. The number of hydrogen-bond acceptors (Lipinski definition) is 7. The summed E-state index contributed by atoms with van der Waals surface area (Å²) in [6.45, 7) is 0. The van der Waals surface area contributed by atoms with Crippen LogP contribution in [0.1, 0.15) is 15.9 Å². The summed E-state index contributed by atoms with van der Waals surface area (Å²) in [6.07, 6.45) is 0. The lowest BCUT2D eigenvalue weighted by molar-refractivity contribution is 0.103. The van der Waals surface area contributed by atoms with Crippen LogP contribution in [0.2, 0.25) is 0 Å². The minimum Gasteiger partial charge on any atom is -0.455 e. The van der Waals surface area contributed by atoms with E-state index < -0.39 is 0 Å². The molecule has 0 amide bonds. The number of carbonyl (C=O) groups is 1. The van der Waals surface area contributed by atoms with Gasteiger partial charge in [0.2, 0.25) is 0 Å². The van der Waals surface area contributed by atoms with Crippen LogP contribution in [-0.2, 0) is 0 Å². The SMILES string of the molecule is Nc1ccc(Oc2ccc(C(=O)c3ccc(Oc4ccc(N)cc4N)cc3)cc2)c(N)c1. The summed E-state index contributed by atoms with van der Waals surface area (Å²) in [5.74, 6) is 1.99. The van der Waals surface area contributed by atoms with Crippen molar-refractivity contribution >= 4 is 28.5 Å². The number of rotatable bonds is 6. The highest BCUT2D eigenvalue weighted by molar-refractivity contribution is 6.09. The van der Waals surface area contributed by atoms with Crippen molar-refractivity contribution in [3.05, 3.63) is 96.1 Å². The van der Waals surface area contributed by atoms with Crippen molar-refractivity contribution in [3.8, 4) is 23.0 Å². The number of carbonyl (C=O) groups excluding carboxylic acids is 1. The molecule has 0 bridgehead atoms. The minimum absolute atomic E-state index is 0.123. The lowest BCUT2D eigenvalue weighted by Gasteiger charge is -2.10. The second kappa shape index (κ2) is 8.61. The van der Waals surface area contributed by atoms with Gasteiger partial charge in [0.15, 0.2) is 5.78 Å². The molecule has 0 aliphatic carbocycles. The molecule has 4 aromatic rings. The second-order valence-corrected chi connectivity index (χ2v) is 7.18. The molecule has 0 aliphatic heterocycles. The van der Waals surface area contributed by atoms with Gasteiger partial charge in [-0.25, -0.2) is 0 Å². The molecule has 0 saturated carbocycles. The predicted octanol–water partition coefficient (Wildman–Crippen LogP) is 4.83. The monoisotopic (exact) mass is 426 g/mol. The van der Waals surface area contributed by atoms with Gasteiger partial charge in [-0.15, -0.1) is 0 Å². The van der Waals surface area contributed by atoms with Crippen molar-refractivity contribution < 1.29 is 14.3 Å². The molecule has 0 fully saturated rings. The third kappa shape index (κ3) is 4.57. The molecule has 0 unspecified atom stereocenters. The second-order valence-electron chi connectivity index (χ2n) is 7.18. The van der Waals surface area contributed by atoms with Crippen molar-refractivity contribution in [3.63, 3.8) is 0 Å². The fraction of sp³-hybridized carbons (Fsp3) is 0. The zero-order chi connectivity index (χ0) is 22.7. The van der Waals surface area contributed by atoms with Gasteiger partial charge in [0.25, 0.3) is 0 Å². The van der Waals surface area contributed by atoms with Crippen LogP contribution >= 0.6 is 0 Å². The van der Waals surface area contributed by atoms with Gasteiger partial charge in [-0.2, -0.15) is 0 Å². The molecule has 4 rings (SSSR count). The van der Waals surface area contributed by atoms with E-state index >= 15 is 0 Å². The third-order valence-electron chi connectivity index (χ3n) is 4.76. The minimum atomic E-state index is -0.123. The largest absolute Gasteiger partial charge is 0.455 e. The van der Waals surface area contributed by atoms with Gasteiger partial charge in [0.05, 0.1) is 11.4 Å². The number of anilines is 4. The normalized spacial score (nSPS) is 10.5. The number of hydrogen-bond donors (Lipinski definition) is 4. The number of nitrogens with two attached hydrogens (primary N) is 4. The number of ether oxygens (including phenoxy) is 2. The van der Waals surface area contributed by atoms with Gasteiger partial charge in [-0.05, 0) is 84.9 Å². The molecular weight excluding hydrogens is 404 g/mol. The molecule has 7 nitrogen and oxygen atoms in total. The summed E-state index contributed by atoms with van der Waals surface area (Å²) in [6, 6.07) is 23.7. The van der Waals surface area contributed by atoms with E-state index in [9.17, 15) is 4.79 Å². The van der Waals surface area contributed by atoms with Crippen LogP contribution in [0.5, 0.6) is 23.0 Å². The highest BCUT2D eigenvalue weighted by Gasteiger charge is 2.11. The molecular formula is C25H22N4O3. The van der Waals surface area contributed by atoms with Crippen LogP contribution < -0.4 is 32.4 Å². The Kier molecular flexibility index (Phi) is 5.55. The Morgan fingerprint density at radius 2 is 0.906 bits per heavy atom. The van der Waals surface area contributed by atoms with Crippen molar-refractivity contribution in [1.29, 1.82) is 0 Å². The first kappa shape index (κ1) is 20.6. The first-order valence-corrected chi connectivity index (χ1v) is 9.79. The van der Waals surface area contributed by atoms with E-state index in [0.717, 1.165) is 0 Å². The van der Waals surface area contributed by atoms with Crippen LogP contribution in [0.15, 0.2) is 84.9 Å². The number of ketones is 1. The predicted molar refractivity (Wildman–Crippen MR) is 127 cm³/mol. The molecule has 32 heavy (non-hydrogen) atoms. The van der Waals surface area contributed by atoms with Gasteiger partial charge >= 0.3 is 0 Å². The Hall–Kier alpha value is -4.65. The maximum atomic E-state index is 12.8. The molecule has 160 valence electrons. The van der Waals surface area contributed by atoms with Crippen LogP contribution in [-0.4, -0.2) is 5.78 Å². The summed E-state index contributed by atoms with van der Waals surface area (Å²) in [5, 5.41) is 0. The number of benzene rings is 4. The first-order valence-electron chi connectivity index (χ1n) is 9.79. The Labute approximate surface area is 185 Å². The van der Waals surface area contributed by atoms with Crippen LogP contribution in [0, 0.1) is 0 Å². The quantitative estimate of drug-likeness (QED) is 0.256. The van der Waals surface area contributed by atoms with Gasteiger partial charge in [-0.1, -0.05) is 0 Å². The lowest BCUT2D eigenvalue weighted by atomic mass is 10.0. The van der Waals surface area contributed by atoms with E-state index in [1.165, 1.54) is 0 Å². The molecule has 0 atom stereocenters. The topological polar surface area (TPSA) is 140 Å². The highest BCUT2D eigenvalue weighted by Crippen LogP contribution is 2.31. The zero-order valence-electron chi connectivity index (χ0n) is 17.1. The van der Waals surface area contributed by atoms with Gasteiger partial charge < -0.3 is 32.4 Å². The van der Waals surface area contributed by atoms with E-state index in [1.54, 1.807) is 84.9 Å². The van der Waals surface area contributed by atoms with E-state index in [0.29, 0.717) is 56.9 Å². The van der Waals surface area contributed by atoms with Crippen molar-refractivity contribution in [1.82, 2.24) is 0 Å². The average molecular weight is 426 g/mol. The van der Waals surface area contributed by atoms with Crippen molar-refractivity contribution in [2.24, 2.45) is 0 Å². The summed E-state index contributed by atoms with van der Waals surface area (Å²) < 4.78 is 11.5. The van der Waals surface area contributed by atoms with Crippen molar-refractivity contribution in [2.45, 2.75) is 0 Å². The summed E-state index contributed by atoms with van der Waals surface area (Å²) >= 11 is 0. The van der Waals surface area contributed by atoms with Gasteiger partial charge in [0, 0.05) is 22.5 Å². The summed E-state index contributed by atoms with van der Waals surface area (Å²) in [4.78, 5) is 12.8. The van der Waals surface area contributed by atoms with E-state index in [1.807, 2.05) is 0 Å². The standard InChI is InChI=1S/C25H22N4O3/c26-17-5-11-23(21(28)13-17)31-19-7-1-15(2-8-19)25(30)16-3-9-20(10-4-16)32-24-12-6-18(27)14-22(24)29/h1-14H,26-29H2. The molecule has 7 heteroatoms.